The van der Waals surface area contributed by atoms with E-state index < -0.39 is 0 Å². The Labute approximate surface area is 90.2 Å². The molecule has 0 unspecified atom stereocenters. The molecule has 0 saturated heterocycles. The highest BCUT2D eigenvalue weighted by Crippen LogP contribution is 2.18. The van der Waals surface area contributed by atoms with E-state index in [0.717, 1.165) is 24.4 Å². The van der Waals surface area contributed by atoms with Crippen LogP contribution in [-0.4, -0.2) is 19.5 Å². The first-order chi connectivity index (χ1) is 6.77. The van der Waals surface area contributed by atoms with Gasteiger partial charge in [-0.2, -0.15) is 0 Å². The zero-order valence-corrected chi connectivity index (χ0v) is 9.40. The maximum Gasteiger partial charge on any atom is 0.121 e. The molecule has 78 valence electrons. The summed E-state index contributed by atoms with van der Waals surface area (Å²) < 4.78 is 5.18. The van der Waals surface area contributed by atoms with Crippen molar-refractivity contribution in [3.8, 4) is 5.75 Å². The first-order valence-electron chi connectivity index (χ1n) is 4.68. The average molecular weight is 214 g/mol. The molecule has 0 aliphatic rings. The van der Waals surface area contributed by atoms with Gasteiger partial charge in [0.05, 0.1) is 7.11 Å². The van der Waals surface area contributed by atoms with E-state index in [-0.39, 0.29) is 0 Å². The fraction of sp³-hybridized carbons (Fsp3) is 0.455. The van der Waals surface area contributed by atoms with Crippen molar-refractivity contribution >= 4 is 11.6 Å². The Kier molecular flexibility index (Phi) is 4.77. The molecule has 1 aromatic carbocycles. The van der Waals surface area contributed by atoms with Crippen LogP contribution in [0.15, 0.2) is 18.2 Å². The number of methoxy groups -OCH3 is 1. The summed E-state index contributed by atoms with van der Waals surface area (Å²) in [7, 11) is 1.69. The van der Waals surface area contributed by atoms with Crippen LogP contribution >= 0.6 is 11.6 Å². The van der Waals surface area contributed by atoms with Crippen molar-refractivity contribution < 1.29 is 4.74 Å². The molecule has 0 heterocycles. The van der Waals surface area contributed by atoms with E-state index in [1.54, 1.807) is 7.11 Å². The largest absolute Gasteiger partial charge is 0.496 e. The molecule has 1 rings (SSSR count). The molecule has 0 aliphatic carbocycles. The van der Waals surface area contributed by atoms with Gasteiger partial charge in [-0.05, 0) is 24.1 Å². The maximum atomic E-state index is 5.56. The number of rotatable bonds is 5. The van der Waals surface area contributed by atoms with Gasteiger partial charge in [-0.15, -0.1) is 11.6 Å². The van der Waals surface area contributed by atoms with Gasteiger partial charge >= 0.3 is 0 Å². The predicted molar refractivity (Wildman–Crippen MR) is 60.2 cm³/mol. The van der Waals surface area contributed by atoms with Crippen LogP contribution in [0, 0.1) is 6.92 Å². The van der Waals surface area contributed by atoms with E-state index >= 15 is 0 Å². The molecule has 0 saturated carbocycles. The first-order valence-corrected chi connectivity index (χ1v) is 5.21. The normalized spacial score (nSPS) is 10.2. The molecule has 0 spiro atoms. The van der Waals surface area contributed by atoms with Gasteiger partial charge in [0.15, 0.2) is 0 Å². The van der Waals surface area contributed by atoms with Crippen molar-refractivity contribution in [2.75, 3.05) is 19.5 Å². The fourth-order valence-corrected chi connectivity index (χ4v) is 1.48. The summed E-state index contributed by atoms with van der Waals surface area (Å²) in [5.41, 5.74) is 2.42. The number of hydrogen-bond acceptors (Lipinski definition) is 2. The quantitative estimate of drug-likeness (QED) is 0.599. The van der Waals surface area contributed by atoms with E-state index in [2.05, 4.69) is 17.4 Å². The molecule has 14 heavy (non-hydrogen) atoms. The molecule has 0 fully saturated rings. The van der Waals surface area contributed by atoms with Gasteiger partial charge in [-0.1, -0.05) is 12.1 Å². The maximum absolute atomic E-state index is 5.56. The number of alkyl halides is 1. The number of hydrogen-bond donors (Lipinski definition) is 1. The molecule has 0 bridgehead atoms. The van der Waals surface area contributed by atoms with Crippen LogP contribution in [-0.2, 0) is 6.54 Å². The van der Waals surface area contributed by atoms with Crippen molar-refractivity contribution in [2.45, 2.75) is 13.5 Å². The Morgan fingerprint density at radius 1 is 1.43 bits per heavy atom. The number of aryl methyl sites for hydroxylation is 1. The topological polar surface area (TPSA) is 21.3 Å². The third kappa shape index (κ3) is 3.20. The predicted octanol–water partition coefficient (Wildman–Crippen LogP) is 2.33. The Morgan fingerprint density at radius 2 is 2.21 bits per heavy atom. The molecule has 3 heteroatoms. The minimum absolute atomic E-state index is 0.648. The van der Waals surface area contributed by atoms with Crippen LogP contribution in [0.4, 0.5) is 0 Å². The van der Waals surface area contributed by atoms with Crippen molar-refractivity contribution in [3.63, 3.8) is 0 Å². The molecular weight excluding hydrogens is 198 g/mol. The van der Waals surface area contributed by atoms with Gasteiger partial charge < -0.3 is 10.1 Å². The number of benzene rings is 1. The summed E-state index contributed by atoms with van der Waals surface area (Å²) in [6, 6.07) is 6.18. The van der Waals surface area contributed by atoms with Gasteiger partial charge in [0.2, 0.25) is 0 Å². The summed E-state index contributed by atoms with van der Waals surface area (Å²) in [6.07, 6.45) is 0. The average Bonchev–Trinajstić information content (AvgIpc) is 2.18. The van der Waals surface area contributed by atoms with Crippen LogP contribution in [0.5, 0.6) is 5.75 Å². The summed E-state index contributed by atoms with van der Waals surface area (Å²) in [5, 5.41) is 3.24. The lowest BCUT2D eigenvalue weighted by Gasteiger charge is -2.07. The number of nitrogens with one attached hydrogen (secondary N) is 1. The Balaban J connectivity index is 2.57. The monoisotopic (exact) mass is 213 g/mol. The lowest BCUT2D eigenvalue weighted by atomic mass is 10.1. The molecule has 0 aromatic heterocycles. The Hall–Kier alpha value is -0.730. The minimum atomic E-state index is 0.648. The van der Waals surface area contributed by atoms with E-state index in [4.69, 9.17) is 16.3 Å². The number of ether oxygens (including phenoxy) is 1. The lowest BCUT2D eigenvalue weighted by molar-refractivity contribution is 0.411. The second-order valence-corrected chi connectivity index (χ2v) is 3.55. The summed E-state index contributed by atoms with van der Waals surface area (Å²) >= 11 is 5.56. The zero-order chi connectivity index (χ0) is 10.4. The molecule has 1 aromatic rings. The van der Waals surface area contributed by atoms with Crippen molar-refractivity contribution in [1.29, 1.82) is 0 Å². The van der Waals surface area contributed by atoms with Crippen molar-refractivity contribution in [1.82, 2.24) is 5.32 Å². The molecular formula is C11H16ClNO. The molecule has 0 atom stereocenters. The Bertz CT molecular complexity index is 289. The third-order valence-corrected chi connectivity index (χ3v) is 2.25. The van der Waals surface area contributed by atoms with Gasteiger partial charge in [-0.25, -0.2) is 0 Å². The molecule has 0 radical (unpaired) electrons. The number of halogens is 1. The Morgan fingerprint density at radius 3 is 2.79 bits per heavy atom. The van der Waals surface area contributed by atoms with Crippen molar-refractivity contribution in [2.24, 2.45) is 0 Å². The highest BCUT2D eigenvalue weighted by atomic mass is 35.5. The standard InChI is InChI=1S/C11H16ClNO/c1-9-7-10(8-13-6-5-12)3-4-11(9)14-2/h3-4,7,13H,5-6,8H2,1-2H3. The molecule has 2 nitrogen and oxygen atoms in total. The van der Waals surface area contributed by atoms with Crippen LogP contribution in [0.1, 0.15) is 11.1 Å². The van der Waals surface area contributed by atoms with Crippen molar-refractivity contribution in [3.05, 3.63) is 29.3 Å². The molecule has 0 aliphatic heterocycles. The second kappa shape index (κ2) is 5.89. The summed E-state index contributed by atoms with van der Waals surface area (Å²) in [6.45, 7) is 3.74. The van der Waals surface area contributed by atoms with Crippen LogP contribution in [0.3, 0.4) is 0 Å². The first kappa shape index (κ1) is 11.3. The van der Waals surface area contributed by atoms with E-state index in [1.165, 1.54) is 5.56 Å². The molecule has 1 N–H and O–H groups in total. The van der Waals surface area contributed by atoms with E-state index in [1.807, 2.05) is 13.0 Å². The van der Waals surface area contributed by atoms with Gasteiger partial charge in [0, 0.05) is 19.0 Å². The van der Waals surface area contributed by atoms with Crippen LogP contribution < -0.4 is 10.1 Å². The third-order valence-electron chi connectivity index (χ3n) is 2.06. The van der Waals surface area contributed by atoms with Crippen LogP contribution in [0.25, 0.3) is 0 Å². The summed E-state index contributed by atoms with van der Waals surface area (Å²) in [5.74, 6) is 1.58. The van der Waals surface area contributed by atoms with Gasteiger partial charge in [0.1, 0.15) is 5.75 Å². The van der Waals surface area contributed by atoms with E-state index in [0.29, 0.717) is 5.88 Å². The van der Waals surface area contributed by atoms with Crippen LogP contribution in [0.2, 0.25) is 0 Å². The highest BCUT2D eigenvalue weighted by molar-refractivity contribution is 6.18. The highest BCUT2D eigenvalue weighted by Gasteiger charge is 1.98. The van der Waals surface area contributed by atoms with E-state index in [9.17, 15) is 0 Å². The lowest BCUT2D eigenvalue weighted by Crippen LogP contribution is -2.15. The molecule has 0 amide bonds. The van der Waals surface area contributed by atoms with Gasteiger partial charge in [-0.3, -0.25) is 0 Å². The fourth-order valence-electron chi connectivity index (χ4n) is 1.35. The zero-order valence-electron chi connectivity index (χ0n) is 8.64. The minimum Gasteiger partial charge on any atom is -0.496 e. The van der Waals surface area contributed by atoms with Gasteiger partial charge in [0.25, 0.3) is 0 Å². The smallest absolute Gasteiger partial charge is 0.121 e. The second-order valence-electron chi connectivity index (χ2n) is 3.17. The summed E-state index contributed by atoms with van der Waals surface area (Å²) in [4.78, 5) is 0. The SMILES string of the molecule is COc1ccc(CNCCCl)cc1C.